The van der Waals surface area contributed by atoms with Crippen LogP contribution < -0.4 is 29.1 Å². The zero-order valence-electron chi connectivity index (χ0n) is 28.1. The Labute approximate surface area is 292 Å². The predicted octanol–water partition coefficient (Wildman–Crippen LogP) is 5.80. The summed E-state index contributed by atoms with van der Waals surface area (Å²) < 4.78 is 36.0. The van der Waals surface area contributed by atoms with E-state index in [-0.39, 0.29) is 12.9 Å². The van der Waals surface area contributed by atoms with E-state index in [2.05, 4.69) is 15.7 Å². The first-order chi connectivity index (χ1) is 24.4. The second-order valence-corrected chi connectivity index (χ2v) is 12.5. The standard InChI is InChI=1S/C36H35N5O8S/c1-20-14-22(18-43-2)28-29(41-12-6-7-13-41)34(50-36(28)38-20)35(42)39-37-17-26-25(30(45-4)32-33(31(26)46-5)48-19-47-32)15-24-16-27(40-49-24)21-8-10-23(44-3)11-9-21/h6-14,17,24H,15-16,18-19H2,1-5H3,(H,39,42)/b37-17-/t24-/m1/s1. The normalized spacial score (nSPS) is 15.0. The van der Waals surface area contributed by atoms with Gasteiger partial charge in [-0.15, -0.1) is 11.3 Å². The largest absolute Gasteiger partial charge is 0.497 e. The lowest BCUT2D eigenvalue weighted by molar-refractivity contribution is 0.0853. The Balaban J connectivity index is 1.21. The SMILES string of the molecule is COCc1cc(C)nc2sc(C(=O)N/N=C\c3c(C[C@@H]4CC(c5ccc(OC)cc5)=NO4)c(OC)c4c(c3OC)OCO4)c(-n3cccc3)c12. The van der Waals surface area contributed by atoms with Gasteiger partial charge in [0.15, 0.2) is 11.5 Å². The maximum atomic E-state index is 13.9. The molecule has 1 amide bonds. The summed E-state index contributed by atoms with van der Waals surface area (Å²) >= 11 is 1.29. The van der Waals surface area contributed by atoms with Crippen LogP contribution in [-0.4, -0.2) is 68.7 Å². The molecule has 0 saturated carbocycles. The molecule has 2 aliphatic rings. The number of hydrazone groups is 1. The summed E-state index contributed by atoms with van der Waals surface area (Å²) in [6, 6.07) is 13.4. The van der Waals surface area contributed by atoms with E-state index in [0.717, 1.165) is 38.5 Å². The number of ether oxygens (including phenoxy) is 6. The van der Waals surface area contributed by atoms with Crippen LogP contribution in [0.5, 0.6) is 28.7 Å². The van der Waals surface area contributed by atoms with Crippen molar-refractivity contribution in [3.05, 3.63) is 87.7 Å². The smallest absolute Gasteiger partial charge is 0.283 e. The van der Waals surface area contributed by atoms with Gasteiger partial charge in [0, 0.05) is 54.6 Å². The van der Waals surface area contributed by atoms with E-state index in [1.807, 2.05) is 66.3 Å². The number of nitrogens with zero attached hydrogens (tertiary/aromatic N) is 4. The number of carbonyl (C=O) groups excluding carboxylic acids is 1. The van der Waals surface area contributed by atoms with Gasteiger partial charge in [-0.05, 0) is 60.5 Å². The van der Waals surface area contributed by atoms with Crippen LogP contribution in [-0.2, 0) is 22.6 Å². The number of carbonyl (C=O) groups is 1. The number of nitrogens with one attached hydrogen (secondary N) is 1. The van der Waals surface area contributed by atoms with Crippen molar-refractivity contribution in [2.75, 3.05) is 35.2 Å². The molecule has 1 N–H and O–H groups in total. The molecule has 258 valence electrons. The number of hydrogen-bond donors (Lipinski definition) is 1. The average molecular weight is 698 g/mol. The molecule has 0 unspecified atom stereocenters. The number of methoxy groups -OCH3 is 4. The molecule has 2 aromatic carbocycles. The van der Waals surface area contributed by atoms with E-state index in [4.69, 9.17) is 38.2 Å². The number of aryl methyl sites for hydroxylation is 1. The monoisotopic (exact) mass is 697 g/mol. The number of thiophene rings is 1. The van der Waals surface area contributed by atoms with E-state index in [1.54, 1.807) is 21.3 Å². The van der Waals surface area contributed by atoms with Crippen molar-refractivity contribution in [3.63, 3.8) is 0 Å². The lowest BCUT2D eigenvalue weighted by atomic mass is 9.95. The zero-order valence-corrected chi connectivity index (χ0v) is 29.0. The highest BCUT2D eigenvalue weighted by atomic mass is 32.1. The summed E-state index contributed by atoms with van der Waals surface area (Å²) in [6.07, 6.45) is 5.90. The fourth-order valence-corrected chi connectivity index (χ4v) is 7.42. The molecular formula is C36H35N5O8S. The molecule has 0 fully saturated rings. The Kier molecular flexibility index (Phi) is 9.28. The first-order valence-electron chi connectivity index (χ1n) is 15.8. The van der Waals surface area contributed by atoms with Crippen LogP contribution in [0, 0.1) is 6.92 Å². The van der Waals surface area contributed by atoms with E-state index >= 15 is 0 Å². The van der Waals surface area contributed by atoms with Crippen molar-refractivity contribution < 1.29 is 38.1 Å². The van der Waals surface area contributed by atoms with Crippen molar-refractivity contribution in [1.82, 2.24) is 15.0 Å². The first kappa shape index (κ1) is 32.9. The number of aromatic nitrogens is 2. The van der Waals surface area contributed by atoms with Gasteiger partial charge in [0.25, 0.3) is 5.91 Å². The Hall–Kier alpha value is -5.60. The zero-order chi connectivity index (χ0) is 34.8. The highest BCUT2D eigenvalue weighted by molar-refractivity contribution is 7.21. The van der Waals surface area contributed by atoms with Crippen LogP contribution >= 0.6 is 11.3 Å². The molecule has 0 spiro atoms. The Morgan fingerprint density at radius 1 is 1.06 bits per heavy atom. The molecule has 0 radical (unpaired) electrons. The number of rotatable bonds is 12. The van der Waals surface area contributed by atoms with Crippen LogP contribution in [0.4, 0.5) is 0 Å². The molecule has 5 heterocycles. The van der Waals surface area contributed by atoms with Gasteiger partial charge in [0.1, 0.15) is 21.6 Å². The summed E-state index contributed by atoms with van der Waals surface area (Å²) in [5.74, 6) is 2.01. The summed E-state index contributed by atoms with van der Waals surface area (Å²) in [5, 5.41) is 9.65. The number of fused-ring (bicyclic) bond motifs is 2. The van der Waals surface area contributed by atoms with E-state index in [1.165, 1.54) is 24.7 Å². The summed E-state index contributed by atoms with van der Waals surface area (Å²) in [4.78, 5) is 25.7. The highest BCUT2D eigenvalue weighted by Crippen LogP contribution is 2.52. The van der Waals surface area contributed by atoms with Crippen LogP contribution in [0.1, 0.15) is 44.0 Å². The van der Waals surface area contributed by atoms with Crippen molar-refractivity contribution in [1.29, 1.82) is 0 Å². The Morgan fingerprint density at radius 3 is 2.50 bits per heavy atom. The second-order valence-electron chi connectivity index (χ2n) is 11.5. The molecule has 13 nitrogen and oxygen atoms in total. The minimum absolute atomic E-state index is 0.00381. The van der Waals surface area contributed by atoms with Gasteiger partial charge in [-0.3, -0.25) is 4.79 Å². The summed E-state index contributed by atoms with van der Waals surface area (Å²) in [5.41, 5.74) is 8.19. The average Bonchev–Trinajstić information content (AvgIpc) is 3.95. The minimum atomic E-state index is -0.404. The van der Waals surface area contributed by atoms with Gasteiger partial charge in [0.2, 0.25) is 18.3 Å². The van der Waals surface area contributed by atoms with E-state index < -0.39 is 5.91 Å². The van der Waals surface area contributed by atoms with Gasteiger partial charge in [0.05, 0.1) is 45.5 Å². The van der Waals surface area contributed by atoms with Crippen LogP contribution in [0.3, 0.4) is 0 Å². The lowest BCUT2D eigenvalue weighted by Gasteiger charge is -2.19. The molecule has 5 aromatic rings. The fourth-order valence-electron chi connectivity index (χ4n) is 6.27. The number of oxime groups is 1. The Bertz CT molecular complexity index is 2110. The highest BCUT2D eigenvalue weighted by Gasteiger charge is 2.34. The first-order valence-corrected chi connectivity index (χ1v) is 16.6. The molecule has 0 aliphatic carbocycles. The third-order valence-corrected chi connectivity index (χ3v) is 9.51. The van der Waals surface area contributed by atoms with Gasteiger partial charge >= 0.3 is 0 Å². The molecule has 2 aliphatic heterocycles. The van der Waals surface area contributed by atoms with E-state index in [9.17, 15) is 4.79 Å². The number of hydrogen-bond acceptors (Lipinski definition) is 12. The van der Waals surface area contributed by atoms with Crippen LogP contribution in [0.2, 0.25) is 0 Å². The summed E-state index contributed by atoms with van der Waals surface area (Å²) in [7, 11) is 6.37. The third kappa shape index (κ3) is 6.07. The third-order valence-electron chi connectivity index (χ3n) is 8.44. The topological polar surface area (TPSA) is 136 Å². The van der Waals surface area contributed by atoms with Gasteiger partial charge < -0.3 is 37.8 Å². The molecule has 0 saturated heterocycles. The van der Waals surface area contributed by atoms with Crippen molar-refractivity contribution in [3.8, 4) is 34.4 Å². The van der Waals surface area contributed by atoms with Crippen molar-refractivity contribution in [2.24, 2.45) is 10.3 Å². The van der Waals surface area contributed by atoms with E-state index in [0.29, 0.717) is 64.1 Å². The lowest BCUT2D eigenvalue weighted by Crippen LogP contribution is -2.19. The van der Waals surface area contributed by atoms with Crippen molar-refractivity contribution in [2.45, 2.75) is 32.5 Å². The molecule has 1 atom stereocenters. The van der Waals surface area contributed by atoms with Gasteiger partial charge in [-0.2, -0.15) is 5.10 Å². The Morgan fingerprint density at radius 2 is 1.80 bits per heavy atom. The second kappa shape index (κ2) is 14.1. The predicted molar refractivity (Wildman–Crippen MR) is 188 cm³/mol. The molecule has 0 bridgehead atoms. The van der Waals surface area contributed by atoms with Gasteiger partial charge in [-0.25, -0.2) is 10.4 Å². The summed E-state index contributed by atoms with van der Waals surface area (Å²) in [6.45, 7) is 2.29. The maximum absolute atomic E-state index is 13.9. The maximum Gasteiger partial charge on any atom is 0.283 e. The minimum Gasteiger partial charge on any atom is -0.497 e. The molecule has 14 heteroatoms. The number of pyridine rings is 1. The molecule has 3 aromatic heterocycles. The number of amides is 1. The quantitative estimate of drug-likeness (QED) is 0.127. The molecule has 7 rings (SSSR count). The van der Waals surface area contributed by atoms with Gasteiger partial charge in [-0.1, -0.05) is 5.16 Å². The van der Waals surface area contributed by atoms with Crippen molar-refractivity contribution >= 4 is 39.4 Å². The van der Waals surface area contributed by atoms with Crippen LogP contribution in [0.25, 0.3) is 15.9 Å². The molecular weight excluding hydrogens is 662 g/mol. The molecule has 50 heavy (non-hydrogen) atoms. The van der Waals surface area contributed by atoms with Crippen LogP contribution in [0.15, 0.2) is 65.1 Å². The number of benzene rings is 2. The fraction of sp³-hybridized carbons (Fsp3) is 0.278.